The van der Waals surface area contributed by atoms with Crippen LogP contribution in [0.15, 0.2) is 33.9 Å². The average Bonchev–Trinajstić information content (AvgIpc) is 2.42. The summed E-state index contributed by atoms with van der Waals surface area (Å²) in [7, 11) is 1.47. The largest absolute Gasteiger partial charge is 0.338 e. The van der Waals surface area contributed by atoms with Gasteiger partial charge in [-0.2, -0.15) is 0 Å². The maximum Gasteiger partial charge on any atom is 0.329 e. The van der Waals surface area contributed by atoms with E-state index < -0.39 is 5.69 Å². The Balaban J connectivity index is 0.00000147. The van der Waals surface area contributed by atoms with Crippen LogP contribution >= 0.6 is 12.4 Å². The van der Waals surface area contributed by atoms with E-state index >= 15 is 0 Å². The predicted molar refractivity (Wildman–Crippen MR) is 82.0 cm³/mol. The van der Waals surface area contributed by atoms with Gasteiger partial charge in [-0.05, 0) is 19.1 Å². The molecule has 1 aromatic carbocycles. The van der Waals surface area contributed by atoms with Gasteiger partial charge >= 0.3 is 5.69 Å². The van der Waals surface area contributed by atoms with Crippen LogP contribution in [-0.2, 0) is 7.05 Å². The van der Waals surface area contributed by atoms with Crippen LogP contribution in [0.2, 0.25) is 0 Å². The molecule has 0 atom stereocenters. The molecule has 2 heterocycles. The van der Waals surface area contributed by atoms with Gasteiger partial charge in [-0.1, -0.05) is 12.1 Å². The number of aromatic amines is 1. The van der Waals surface area contributed by atoms with Gasteiger partial charge in [0.25, 0.3) is 5.56 Å². The van der Waals surface area contributed by atoms with E-state index in [2.05, 4.69) is 10.3 Å². The zero-order chi connectivity index (χ0) is 13.6. The van der Waals surface area contributed by atoms with Crippen molar-refractivity contribution in [3.8, 4) is 0 Å². The second kappa shape index (κ2) is 5.05. The molecule has 2 N–H and O–H groups in total. The number of nitrogens with one attached hydrogen (secondary N) is 2. The smallest absolute Gasteiger partial charge is 0.329 e. The summed E-state index contributed by atoms with van der Waals surface area (Å²) in [6, 6.07) is 7.68. The van der Waals surface area contributed by atoms with E-state index in [0.717, 1.165) is 15.9 Å². The Kier molecular flexibility index (Phi) is 3.59. The van der Waals surface area contributed by atoms with E-state index in [1.54, 1.807) is 0 Å². The third-order valence-corrected chi connectivity index (χ3v) is 3.32. The van der Waals surface area contributed by atoms with Crippen LogP contribution in [0.25, 0.3) is 0 Å². The fourth-order valence-electron chi connectivity index (χ4n) is 2.35. The zero-order valence-electron chi connectivity index (χ0n) is 11.1. The van der Waals surface area contributed by atoms with E-state index in [0.29, 0.717) is 18.1 Å². The Labute approximate surface area is 121 Å². The number of hydrogen-bond acceptors (Lipinski definition) is 4. The maximum atomic E-state index is 12.3. The minimum Gasteiger partial charge on any atom is -0.338 e. The summed E-state index contributed by atoms with van der Waals surface area (Å²) < 4.78 is 1.08. The third-order valence-electron chi connectivity index (χ3n) is 3.32. The third kappa shape index (κ3) is 1.89. The number of nitrogens with zero attached hydrogens (tertiary/aromatic N) is 2. The summed E-state index contributed by atoms with van der Waals surface area (Å²) in [6.07, 6.45) is 0. The minimum absolute atomic E-state index is 0. The fraction of sp³-hybridized carbons (Fsp3) is 0.231. The molecule has 0 unspecified atom stereocenters. The fourth-order valence-corrected chi connectivity index (χ4v) is 2.35. The van der Waals surface area contributed by atoms with Gasteiger partial charge in [0.05, 0.1) is 11.4 Å². The van der Waals surface area contributed by atoms with Crippen LogP contribution in [0.4, 0.5) is 22.9 Å². The SMILES string of the molecule is CCN1c2ccccc2Nc2[nH]c(=O)n(C)c(=O)c21.Cl. The second-order valence-corrected chi connectivity index (χ2v) is 4.40. The molecule has 0 fully saturated rings. The Hall–Kier alpha value is -2.21. The standard InChI is InChI=1S/C13H14N4O2.ClH/c1-3-17-9-7-5-4-6-8(9)14-11-10(17)12(18)16(2)13(19)15-11;/h4-7,14H,3H2,1-2H3,(H,15,19);1H. The highest BCUT2D eigenvalue weighted by molar-refractivity contribution is 5.89. The molecule has 0 amide bonds. The second-order valence-electron chi connectivity index (χ2n) is 4.40. The van der Waals surface area contributed by atoms with Gasteiger partial charge in [0.15, 0.2) is 0 Å². The lowest BCUT2D eigenvalue weighted by molar-refractivity contribution is 0.769. The summed E-state index contributed by atoms with van der Waals surface area (Å²) in [6.45, 7) is 2.61. The highest BCUT2D eigenvalue weighted by Gasteiger charge is 2.25. The number of aromatic nitrogens is 2. The molecule has 1 aromatic heterocycles. The monoisotopic (exact) mass is 294 g/mol. The van der Waals surface area contributed by atoms with Crippen LogP contribution in [0.1, 0.15) is 6.92 Å². The quantitative estimate of drug-likeness (QED) is 0.840. The number of hydrogen-bond donors (Lipinski definition) is 2. The Morgan fingerprint density at radius 1 is 1.20 bits per heavy atom. The van der Waals surface area contributed by atoms with Gasteiger partial charge in [0.2, 0.25) is 0 Å². The number of anilines is 4. The van der Waals surface area contributed by atoms with Crippen molar-refractivity contribution < 1.29 is 0 Å². The molecule has 1 aliphatic heterocycles. The number of H-pyrrole nitrogens is 1. The Morgan fingerprint density at radius 3 is 2.60 bits per heavy atom. The molecule has 6 nitrogen and oxygen atoms in total. The number of benzene rings is 1. The minimum atomic E-state index is -0.424. The lowest BCUT2D eigenvalue weighted by atomic mass is 10.2. The number of fused-ring (bicyclic) bond motifs is 2. The lowest BCUT2D eigenvalue weighted by Gasteiger charge is -2.31. The first kappa shape index (κ1) is 14.2. The van der Waals surface area contributed by atoms with E-state index in [-0.39, 0.29) is 18.0 Å². The van der Waals surface area contributed by atoms with Crippen molar-refractivity contribution in [1.29, 1.82) is 0 Å². The summed E-state index contributed by atoms with van der Waals surface area (Å²) in [5.74, 6) is 0.452. The van der Waals surface area contributed by atoms with Gasteiger partial charge in [-0.15, -0.1) is 12.4 Å². The molecule has 1 aliphatic rings. The summed E-state index contributed by atoms with van der Waals surface area (Å²) in [4.78, 5) is 28.5. The normalized spacial score (nSPS) is 12.0. The Bertz CT molecular complexity index is 766. The Morgan fingerprint density at radius 2 is 1.90 bits per heavy atom. The van der Waals surface area contributed by atoms with Crippen molar-refractivity contribution in [2.24, 2.45) is 7.05 Å². The average molecular weight is 295 g/mol. The van der Waals surface area contributed by atoms with Crippen LogP contribution < -0.4 is 21.5 Å². The number of para-hydroxylation sites is 2. The molecule has 2 aromatic rings. The molecule has 106 valence electrons. The molecule has 20 heavy (non-hydrogen) atoms. The van der Waals surface area contributed by atoms with Crippen molar-refractivity contribution in [2.75, 3.05) is 16.8 Å². The van der Waals surface area contributed by atoms with Crippen LogP contribution in [-0.4, -0.2) is 16.1 Å². The summed E-state index contributed by atoms with van der Waals surface area (Å²) >= 11 is 0. The molecule has 0 saturated heterocycles. The predicted octanol–water partition coefficient (Wildman–Crippen LogP) is 1.71. The van der Waals surface area contributed by atoms with Gasteiger partial charge in [0.1, 0.15) is 11.5 Å². The first-order valence-corrected chi connectivity index (χ1v) is 6.10. The van der Waals surface area contributed by atoms with Crippen LogP contribution in [0.5, 0.6) is 0 Å². The number of rotatable bonds is 1. The lowest BCUT2D eigenvalue weighted by Crippen LogP contribution is -2.39. The zero-order valence-corrected chi connectivity index (χ0v) is 12.0. The van der Waals surface area contributed by atoms with E-state index in [9.17, 15) is 9.59 Å². The van der Waals surface area contributed by atoms with E-state index in [1.807, 2.05) is 36.1 Å². The maximum absolute atomic E-state index is 12.3. The van der Waals surface area contributed by atoms with Crippen LogP contribution in [0, 0.1) is 0 Å². The highest BCUT2D eigenvalue weighted by atomic mass is 35.5. The van der Waals surface area contributed by atoms with Gasteiger partial charge in [-0.25, -0.2) is 4.79 Å². The van der Waals surface area contributed by atoms with E-state index in [4.69, 9.17) is 0 Å². The molecular formula is C13H15ClN4O2. The van der Waals surface area contributed by atoms with Crippen molar-refractivity contribution in [3.05, 3.63) is 45.1 Å². The van der Waals surface area contributed by atoms with E-state index in [1.165, 1.54) is 7.05 Å². The molecule has 0 radical (unpaired) electrons. The van der Waals surface area contributed by atoms with Crippen molar-refractivity contribution in [3.63, 3.8) is 0 Å². The first-order valence-electron chi connectivity index (χ1n) is 6.10. The molecule has 0 saturated carbocycles. The molecule has 0 bridgehead atoms. The summed E-state index contributed by atoms with van der Waals surface area (Å²) in [5.41, 5.74) is 1.56. The number of halogens is 1. The first-order chi connectivity index (χ1) is 9.13. The van der Waals surface area contributed by atoms with Crippen molar-refractivity contribution in [1.82, 2.24) is 9.55 Å². The van der Waals surface area contributed by atoms with Gasteiger partial charge in [0, 0.05) is 13.6 Å². The van der Waals surface area contributed by atoms with Crippen molar-refractivity contribution in [2.45, 2.75) is 6.92 Å². The van der Waals surface area contributed by atoms with Crippen molar-refractivity contribution >= 4 is 35.3 Å². The molecule has 0 aliphatic carbocycles. The van der Waals surface area contributed by atoms with Gasteiger partial charge in [-0.3, -0.25) is 14.3 Å². The van der Waals surface area contributed by atoms with Crippen LogP contribution in [0.3, 0.4) is 0 Å². The molecule has 7 heteroatoms. The molecular weight excluding hydrogens is 280 g/mol. The molecule has 0 spiro atoms. The summed E-state index contributed by atoms with van der Waals surface area (Å²) in [5, 5.41) is 3.10. The molecule has 3 rings (SSSR count). The van der Waals surface area contributed by atoms with Gasteiger partial charge < -0.3 is 10.2 Å². The topological polar surface area (TPSA) is 70.1 Å². The highest BCUT2D eigenvalue weighted by Crippen LogP contribution is 2.39.